The van der Waals surface area contributed by atoms with Gasteiger partial charge in [0.2, 0.25) is 5.91 Å². The van der Waals surface area contributed by atoms with Crippen molar-refractivity contribution in [2.75, 3.05) is 29.9 Å². The molecule has 1 aliphatic heterocycles. The van der Waals surface area contributed by atoms with Crippen LogP contribution in [0, 0.1) is 12.8 Å². The minimum absolute atomic E-state index is 0.0583. The Morgan fingerprint density at radius 2 is 1.84 bits per heavy atom. The van der Waals surface area contributed by atoms with Crippen molar-refractivity contribution < 1.29 is 14.3 Å². The Morgan fingerprint density at radius 3 is 2.49 bits per heavy atom. The van der Waals surface area contributed by atoms with Gasteiger partial charge in [-0.3, -0.25) is 14.8 Å². The number of rotatable bonds is 7. The molecule has 37 heavy (non-hydrogen) atoms. The number of H-pyrrole nitrogens is 1. The Kier molecular flexibility index (Phi) is 8.05. The Morgan fingerprint density at radius 1 is 1.11 bits per heavy atom. The molecule has 1 aliphatic rings. The topological polar surface area (TPSA) is 116 Å². The monoisotopic (exact) mass is 505 g/mol. The Labute approximate surface area is 217 Å². The first-order valence-electron chi connectivity index (χ1n) is 12.6. The average Bonchev–Trinajstić information content (AvgIpc) is 3.26. The SMILES string of the molecule is Cc1cc(Nc2cc(CC3CCN(C(=O)CN(C(=O)OC(C)(C)C)c4ccccc4)CC3)ncn2)n[nH]1. The van der Waals surface area contributed by atoms with Crippen LogP contribution in [0.2, 0.25) is 0 Å². The highest BCUT2D eigenvalue weighted by molar-refractivity contribution is 5.95. The molecule has 0 bridgehead atoms. The van der Waals surface area contributed by atoms with Crippen LogP contribution in [0.25, 0.3) is 0 Å². The van der Waals surface area contributed by atoms with E-state index in [1.807, 2.05) is 75.1 Å². The highest BCUT2D eigenvalue weighted by Crippen LogP contribution is 2.24. The fourth-order valence-corrected chi connectivity index (χ4v) is 4.29. The van der Waals surface area contributed by atoms with Crippen molar-refractivity contribution in [3.63, 3.8) is 0 Å². The van der Waals surface area contributed by atoms with Gasteiger partial charge in [0.05, 0.1) is 0 Å². The summed E-state index contributed by atoms with van der Waals surface area (Å²) in [4.78, 5) is 38.0. The number of amides is 2. The quantitative estimate of drug-likeness (QED) is 0.486. The van der Waals surface area contributed by atoms with E-state index in [0.29, 0.717) is 36.3 Å². The van der Waals surface area contributed by atoms with E-state index in [2.05, 4.69) is 25.5 Å². The summed E-state index contributed by atoms with van der Waals surface area (Å²) in [5, 5.41) is 10.3. The van der Waals surface area contributed by atoms with Gasteiger partial charge in [0.1, 0.15) is 24.3 Å². The van der Waals surface area contributed by atoms with Gasteiger partial charge in [0.15, 0.2) is 5.82 Å². The summed E-state index contributed by atoms with van der Waals surface area (Å²) >= 11 is 0. The summed E-state index contributed by atoms with van der Waals surface area (Å²) in [5.41, 5.74) is 1.91. The third-order valence-corrected chi connectivity index (χ3v) is 6.13. The number of benzene rings is 1. The molecule has 4 rings (SSSR count). The number of ether oxygens (including phenoxy) is 1. The highest BCUT2D eigenvalue weighted by atomic mass is 16.6. The van der Waals surface area contributed by atoms with Crippen LogP contribution in [0.1, 0.15) is 45.0 Å². The predicted octanol–water partition coefficient (Wildman–Crippen LogP) is 4.47. The second-order valence-corrected chi connectivity index (χ2v) is 10.4. The summed E-state index contributed by atoms with van der Waals surface area (Å²) in [7, 11) is 0. The molecule has 1 saturated heterocycles. The first kappa shape index (κ1) is 26.1. The highest BCUT2D eigenvalue weighted by Gasteiger charge is 2.29. The fourth-order valence-electron chi connectivity index (χ4n) is 4.29. The maximum absolute atomic E-state index is 13.2. The summed E-state index contributed by atoms with van der Waals surface area (Å²) in [6.45, 7) is 8.61. The second kappa shape index (κ2) is 11.4. The van der Waals surface area contributed by atoms with Crippen molar-refractivity contribution >= 4 is 29.3 Å². The van der Waals surface area contributed by atoms with E-state index in [1.165, 1.54) is 4.90 Å². The first-order chi connectivity index (χ1) is 17.7. The molecule has 3 aromatic rings. The first-order valence-corrected chi connectivity index (χ1v) is 12.6. The van der Waals surface area contributed by atoms with Crippen LogP contribution in [0.5, 0.6) is 0 Å². The van der Waals surface area contributed by atoms with Crippen molar-refractivity contribution in [1.29, 1.82) is 0 Å². The van der Waals surface area contributed by atoms with Gasteiger partial charge < -0.3 is 15.0 Å². The molecule has 1 fully saturated rings. The van der Waals surface area contributed by atoms with Gasteiger partial charge in [-0.1, -0.05) is 18.2 Å². The standard InChI is InChI=1S/C27H35N7O3/c1-19-14-24(32-31-19)30-23-16-21(28-18-29-23)15-20-10-12-33(13-11-20)25(35)17-34(22-8-6-5-7-9-22)26(36)37-27(2,3)4/h5-9,14,16,18,20H,10-13,15,17H2,1-4H3,(H2,28,29,30,31,32). The normalized spacial score (nSPS) is 14.3. The van der Waals surface area contributed by atoms with Crippen molar-refractivity contribution in [3.8, 4) is 0 Å². The molecule has 0 saturated carbocycles. The van der Waals surface area contributed by atoms with Crippen LogP contribution in [0.15, 0.2) is 48.8 Å². The number of aromatic amines is 1. The van der Waals surface area contributed by atoms with E-state index >= 15 is 0 Å². The summed E-state index contributed by atoms with van der Waals surface area (Å²) in [5.74, 6) is 1.74. The lowest BCUT2D eigenvalue weighted by Gasteiger charge is -2.34. The van der Waals surface area contributed by atoms with Crippen molar-refractivity contribution in [2.24, 2.45) is 5.92 Å². The van der Waals surface area contributed by atoms with Crippen LogP contribution in [0.4, 0.5) is 22.1 Å². The molecular weight excluding hydrogens is 470 g/mol. The molecule has 2 amide bonds. The third-order valence-electron chi connectivity index (χ3n) is 6.13. The zero-order chi connectivity index (χ0) is 26.4. The lowest BCUT2D eigenvalue weighted by molar-refractivity contribution is -0.131. The third kappa shape index (κ3) is 7.52. The van der Waals surface area contributed by atoms with Crippen molar-refractivity contribution in [1.82, 2.24) is 25.1 Å². The molecular formula is C27H35N7O3. The molecule has 1 aromatic carbocycles. The summed E-state index contributed by atoms with van der Waals surface area (Å²) in [6, 6.07) is 13.0. The van der Waals surface area contributed by atoms with Crippen molar-refractivity contribution in [3.05, 3.63) is 60.2 Å². The molecule has 10 nitrogen and oxygen atoms in total. The predicted molar refractivity (Wildman–Crippen MR) is 142 cm³/mol. The minimum Gasteiger partial charge on any atom is -0.443 e. The van der Waals surface area contributed by atoms with E-state index in [4.69, 9.17) is 4.74 Å². The van der Waals surface area contributed by atoms with Crippen LogP contribution >= 0.6 is 0 Å². The molecule has 10 heteroatoms. The van der Waals surface area contributed by atoms with E-state index < -0.39 is 11.7 Å². The molecule has 2 aromatic heterocycles. The smallest absolute Gasteiger partial charge is 0.415 e. The van der Waals surface area contributed by atoms with Crippen LogP contribution < -0.4 is 10.2 Å². The molecule has 196 valence electrons. The number of nitrogens with one attached hydrogen (secondary N) is 2. The van der Waals surface area contributed by atoms with Crippen LogP contribution in [-0.2, 0) is 16.0 Å². The zero-order valence-electron chi connectivity index (χ0n) is 21.9. The van der Waals surface area contributed by atoms with Gasteiger partial charge in [-0.25, -0.2) is 14.8 Å². The average molecular weight is 506 g/mol. The Balaban J connectivity index is 1.32. The van der Waals surface area contributed by atoms with Gasteiger partial charge >= 0.3 is 6.09 Å². The molecule has 0 radical (unpaired) electrons. The molecule has 0 aliphatic carbocycles. The van der Waals surface area contributed by atoms with Gasteiger partial charge in [-0.05, 0) is 65.0 Å². The number of aryl methyl sites for hydroxylation is 1. The largest absolute Gasteiger partial charge is 0.443 e. The fraction of sp³-hybridized carbons (Fsp3) is 0.444. The number of para-hydroxylation sites is 1. The van der Waals surface area contributed by atoms with Crippen LogP contribution in [-0.4, -0.2) is 62.3 Å². The zero-order valence-corrected chi connectivity index (χ0v) is 21.9. The number of hydrogen-bond acceptors (Lipinski definition) is 7. The number of piperidine rings is 1. The molecule has 0 unspecified atom stereocenters. The maximum atomic E-state index is 13.2. The van der Waals surface area contributed by atoms with Gasteiger partial charge in [-0.15, -0.1) is 0 Å². The second-order valence-electron chi connectivity index (χ2n) is 10.4. The van der Waals surface area contributed by atoms with E-state index in [9.17, 15) is 9.59 Å². The van der Waals surface area contributed by atoms with E-state index in [0.717, 1.165) is 30.7 Å². The molecule has 3 heterocycles. The van der Waals surface area contributed by atoms with Gasteiger partial charge in [0.25, 0.3) is 0 Å². The van der Waals surface area contributed by atoms with Gasteiger partial charge in [0, 0.05) is 42.3 Å². The maximum Gasteiger partial charge on any atom is 0.415 e. The lowest BCUT2D eigenvalue weighted by Crippen LogP contribution is -2.47. The lowest BCUT2D eigenvalue weighted by atomic mass is 9.92. The number of aromatic nitrogens is 4. The Bertz CT molecular complexity index is 1200. The minimum atomic E-state index is -0.654. The molecule has 0 spiro atoms. The molecule has 0 atom stereocenters. The number of carbonyl (C=O) groups excluding carboxylic acids is 2. The van der Waals surface area contributed by atoms with E-state index in [-0.39, 0.29) is 12.5 Å². The number of hydrogen-bond donors (Lipinski definition) is 2. The molecule has 2 N–H and O–H groups in total. The number of carbonyl (C=O) groups is 2. The number of likely N-dealkylation sites (tertiary alicyclic amines) is 1. The van der Waals surface area contributed by atoms with E-state index in [1.54, 1.807) is 6.33 Å². The Hall–Kier alpha value is -3.95. The number of anilines is 3. The van der Waals surface area contributed by atoms with Crippen molar-refractivity contribution in [2.45, 2.75) is 52.6 Å². The summed E-state index contributed by atoms with van der Waals surface area (Å²) < 4.78 is 5.57. The van der Waals surface area contributed by atoms with Crippen LogP contribution in [0.3, 0.4) is 0 Å². The summed E-state index contributed by atoms with van der Waals surface area (Å²) in [6.07, 6.45) is 3.58. The number of nitrogens with zero attached hydrogens (tertiary/aromatic N) is 5. The van der Waals surface area contributed by atoms with Gasteiger partial charge in [-0.2, -0.15) is 5.10 Å².